The molecule has 0 bridgehead atoms. The number of phenols is 1. The average Bonchev–Trinajstić information content (AvgIpc) is 3.20. The van der Waals surface area contributed by atoms with Crippen molar-refractivity contribution >= 4 is 22.8 Å². The lowest BCUT2D eigenvalue weighted by Gasteiger charge is -2.10. The SMILES string of the molecule is COc1ccc2c(c1)c(/C=C1\Oc3c[c]cc(O)c3C1=O)cn2CCCN(C)C. The first-order valence-electron chi connectivity index (χ1n) is 9.47. The number of aromatic nitrogens is 1. The van der Waals surface area contributed by atoms with Crippen LogP contribution in [0.15, 0.2) is 42.3 Å². The molecule has 6 nitrogen and oxygen atoms in total. The lowest BCUT2D eigenvalue weighted by Crippen LogP contribution is -2.14. The fraction of sp³-hybridized carbons (Fsp3) is 0.261. The first-order chi connectivity index (χ1) is 14.0. The third kappa shape index (κ3) is 3.59. The van der Waals surface area contributed by atoms with E-state index < -0.39 is 0 Å². The predicted molar refractivity (Wildman–Crippen MR) is 112 cm³/mol. The molecule has 0 saturated heterocycles. The monoisotopic (exact) mass is 391 g/mol. The normalized spacial score (nSPS) is 14.6. The van der Waals surface area contributed by atoms with E-state index in [4.69, 9.17) is 9.47 Å². The summed E-state index contributed by atoms with van der Waals surface area (Å²) in [5.41, 5.74) is 2.11. The molecule has 4 rings (SSSR count). The van der Waals surface area contributed by atoms with Crippen LogP contribution in [0.2, 0.25) is 0 Å². The minimum Gasteiger partial charge on any atom is -0.507 e. The Bertz CT molecular complexity index is 1110. The van der Waals surface area contributed by atoms with Gasteiger partial charge in [-0.25, -0.2) is 0 Å². The van der Waals surface area contributed by atoms with Gasteiger partial charge in [0.15, 0.2) is 5.76 Å². The van der Waals surface area contributed by atoms with Gasteiger partial charge >= 0.3 is 0 Å². The minimum absolute atomic E-state index is 0.122. The Hall–Kier alpha value is -3.25. The number of aromatic hydroxyl groups is 1. The summed E-state index contributed by atoms with van der Waals surface area (Å²) in [5.74, 6) is 0.808. The second-order valence-electron chi connectivity index (χ2n) is 7.34. The molecule has 149 valence electrons. The van der Waals surface area contributed by atoms with Gasteiger partial charge < -0.3 is 24.0 Å². The van der Waals surface area contributed by atoms with E-state index in [9.17, 15) is 9.90 Å². The largest absolute Gasteiger partial charge is 0.507 e. The summed E-state index contributed by atoms with van der Waals surface area (Å²) >= 11 is 0. The van der Waals surface area contributed by atoms with Crippen LogP contribution in [-0.2, 0) is 6.54 Å². The fourth-order valence-electron chi connectivity index (χ4n) is 3.59. The number of carbonyl (C=O) groups is 1. The van der Waals surface area contributed by atoms with Crippen molar-refractivity contribution in [3.63, 3.8) is 0 Å². The van der Waals surface area contributed by atoms with Crippen LogP contribution in [0.25, 0.3) is 17.0 Å². The van der Waals surface area contributed by atoms with Crippen LogP contribution >= 0.6 is 0 Å². The Morgan fingerprint density at radius 2 is 2.14 bits per heavy atom. The molecular formula is C23H23N2O4. The van der Waals surface area contributed by atoms with E-state index in [1.165, 1.54) is 6.07 Å². The van der Waals surface area contributed by atoms with Gasteiger partial charge in [-0.1, -0.05) is 0 Å². The number of ether oxygens (including phenoxy) is 2. The molecule has 0 unspecified atom stereocenters. The van der Waals surface area contributed by atoms with Gasteiger partial charge in [0.1, 0.15) is 22.8 Å². The molecule has 1 aliphatic rings. The van der Waals surface area contributed by atoms with E-state index in [0.717, 1.165) is 41.7 Å². The highest BCUT2D eigenvalue weighted by Gasteiger charge is 2.30. The van der Waals surface area contributed by atoms with Gasteiger partial charge in [-0.3, -0.25) is 4.79 Å². The number of fused-ring (bicyclic) bond motifs is 2. The maximum Gasteiger partial charge on any atom is 0.235 e. The maximum atomic E-state index is 12.7. The quantitative estimate of drug-likeness (QED) is 0.649. The number of carbonyl (C=O) groups excluding carboxylic acids is 1. The van der Waals surface area contributed by atoms with E-state index >= 15 is 0 Å². The minimum atomic E-state index is -0.331. The highest BCUT2D eigenvalue weighted by molar-refractivity contribution is 6.16. The van der Waals surface area contributed by atoms with Crippen LogP contribution in [0.5, 0.6) is 17.2 Å². The third-order valence-corrected chi connectivity index (χ3v) is 5.02. The Kier molecular flexibility index (Phi) is 5.03. The van der Waals surface area contributed by atoms with Gasteiger partial charge in [-0.2, -0.15) is 0 Å². The molecule has 3 aromatic rings. The smallest absolute Gasteiger partial charge is 0.235 e. The molecule has 1 aromatic heterocycles. The van der Waals surface area contributed by atoms with Gasteiger partial charge in [-0.05, 0) is 69.5 Å². The van der Waals surface area contributed by atoms with Crippen molar-refractivity contribution in [1.29, 1.82) is 0 Å². The molecular weight excluding hydrogens is 368 g/mol. The van der Waals surface area contributed by atoms with Crippen LogP contribution < -0.4 is 9.47 Å². The highest BCUT2D eigenvalue weighted by Crippen LogP contribution is 2.38. The van der Waals surface area contributed by atoms with E-state index in [0.29, 0.717) is 5.75 Å². The zero-order chi connectivity index (χ0) is 20.5. The van der Waals surface area contributed by atoms with Gasteiger partial charge in [0.25, 0.3) is 0 Å². The van der Waals surface area contributed by atoms with Crippen LogP contribution in [-0.4, -0.2) is 48.1 Å². The van der Waals surface area contributed by atoms with Crippen LogP contribution in [0, 0.1) is 6.07 Å². The molecule has 0 aliphatic carbocycles. The van der Waals surface area contributed by atoms with Crippen molar-refractivity contribution in [3.8, 4) is 17.2 Å². The molecule has 6 heteroatoms. The molecule has 2 heterocycles. The van der Waals surface area contributed by atoms with Crippen LogP contribution in [0.4, 0.5) is 0 Å². The third-order valence-electron chi connectivity index (χ3n) is 5.02. The Balaban J connectivity index is 1.74. The molecule has 0 amide bonds. The zero-order valence-corrected chi connectivity index (χ0v) is 16.7. The topological polar surface area (TPSA) is 63.9 Å². The number of allylic oxidation sites excluding steroid dienone is 1. The molecule has 29 heavy (non-hydrogen) atoms. The van der Waals surface area contributed by atoms with Gasteiger partial charge in [0, 0.05) is 29.2 Å². The van der Waals surface area contributed by atoms with E-state index in [1.807, 2.05) is 24.4 Å². The Labute approximate surface area is 169 Å². The fourth-order valence-corrected chi connectivity index (χ4v) is 3.59. The zero-order valence-electron chi connectivity index (χ0n) is 16.7. The molecule has 1 radical (unpaired) electrons. The number of ketones is 1. The Morgan fingerprint density at radius 3 is 2.86 bits per heavy atom. The first kappa shape index (κ1) is 19.1. The number of phenolic OH excluding ortho intramolecular Hbond substituents is 1. The average molecular weight is 391 g/mol. The van der Waals surface area contributed by atoms with Crippen molar-refractivity contribution in [2.24, 2.45) is 0 Å². The van der Waals surface area contributed by atoms with E-state index in [2.05, 4.69) is 29.6 Å². The summed E-state index contributed by atoms with van der Waals surface area (Å²) < 4.78 is 13.3. The molecule has 0 spiro atoms. The summed E-state index contributed by atoms with van der Waals surface area (Å²) in [6.07, 6.45) is 4.76. The number of Topliss-reactive ketones (excluding diaryl/α,β-unsaturated/α-hetero) is 1. The molecule has 0 fully saturated rings. The molecule has 1 aliphatic heterocycles. The van der Waals surface area contributed by atoms with Crippen molar-refractivity contribution in [3.05, 3.63) is 59.5 Å². The number of rotatable bonds is 6. The number of benzene rings is 2. The summed E-state index contributed by atoms with van der Waals surface area (Å²) in [4.78, 5) is 14.9. The number of nitrogens with zero attached hydrogens (tertiary/aromatic N) is 2. The number of hydrogen-bond donors (Lipinski definition) is 1. The van der Waals surface area contributed by atoms with Crippen LogP contribution in [0.1, 0.15) is 22.3 Å². The first-order valence-corrected chi connectivity index (χ1v) is 9.47. The summed E-state index contributed by atoms with van der Waals surface area (Å²) in [5, 5.41) is 11.0. The van der Waals surface area contributed by atoms with Crippen molar-refractivity contribution in [1.82, 2.24) is 9.47 Å². The summed E-state index contributed by atoms with van der Waals surface area (Å²) in [6, 6.07) is 11.6. The van der Waals surface area contributed by atoms with Crippen molar-refractivity contribution in [2.45, 2.75) is 13.0 Å². The summed E-state index contributed by atoms with van der Waals surface area (Å²) in [6.45, 7) is 1.84. The number of hydrogen-bond acceptors (Lipinski definition) is 5. The maximum absolute atomic E-state index is 12.7. The lowest BCUT2D eigenvalue weighted by molar-refractivity contribution is 0.101. The second kappa shape index (κ2) is 7.64. The highest BCUT2D eigenvalue weighted by atomic mass is 16.5. The van der Waals surface area contributed by atoms with E-state index in [1.54, 1.807) is 19.3 Å². The Morgan fingerprint density at radius 1 is 1.31 bits per heavy atom. The van der Waals surface area contributed by atoms with Gasteiger partial charge in [-0.15, -0.1) is 0 Å². The number of aryl methyl sites for hydroxylation is 1. The second-order valence-corrected chi connectivity index (χ2v) is 7.34. The van der Waals surface area contributed by atoms with Crippen LogP contribution in [0.3, 0.4) is 0 Å². The molecule has 1 N–H and O–H groups in total. The lowest BCUT2D eigenvalue weighted by atomic mass is 10.1. The van der Waals surface area contributed by atoms with Crippen molar-refractivity contribution < 1.29 is 19.4 Å². The van der Waals surface area contributed by atoms with Gasteiger partial charge in [0.2, 0.25) is 5.78 Å². The standard InChI is InChI=1S/C23H23N2O4/c1-24(2)10-5-11-25-14-15(17-13-16(28-3)8-9-18(17)25)12-21-23(27)22-19(26)6-4-7-20(22)29-21/h6-9,12-14,26H,5,10-11H2,1-3H3/b21-12-. The molecule has 0 atom stereocenters. The molecule has 2 aromatic carbocycles. The summed E-state index contributed by atoms with van der Waals surface area (Å²) in [7, 11) is 5.75. The van der Waals surface area contributed by atoms with E-state index in [-0.39, 0.29) is 22.9 Å². The van der Waals surface area contributed by atoms with Crippen molar-refractivity contribution in [2.75, 3.05) is 27.7 Å². The molecule has 0 saturated carbocycles. The number of methoxy groups -OCH3 is 1. The van der Waals surface area contributed by atoms with Gasteiger partial charge in [0.05, 0.1) is 7.11 Å². The predicted octanol–water partition coefficient (Wildman–Crippen LogP) is 3.72.